The summed E-state index contributed by atoms with van der Waals surface area (Å²) in [4.78, 5) is 0. The van der Waals surface area contributed by atoms with E-state index in [4.69, 9.17) is 0 Å². The van der Waals surface area contributed by atoms with Crippen LogP contribution in [0.3, 0.4) is 0 Å². The van der Waals surface area contributed by atoms with Crippen LogP contribution in [0, 0.1) is 6.92 Å². The van der Waals surface area contributed by atoms with Crippen LogP contribution in [0.2, 0.25) is 0 Å². The number of nitrogens with zero attached hydrogens (tertiary/aromatic N) is 1. The van der Waals surface area contributed by atoms with E-state index in [-0.39, 0.29) is 0 Å². The summed E-state index contributed by atoms with van der Waals surface area (Å²) < 4.78 is 2.38. The zero-order valence-electron chi connectivity index (χ0n) is 16.2. The smallest absolute Gasteiger partial charge is 0.194 e. The van der Waals surface area contributed by atoms with Gasteiger partial charge >= 0.3 is 0 Å². The highest BCUT2D eigenvalue weighted by molar-refractivity contribution is 5.91. The first kappa shape index (κ1) is 16.5. The largest absolute Gasteiger partial charge is 0.213 e. The van der Waals surface area contributed by atoms with Crippen molar-refractivity contribution in [1.82, 2.24) is 0 Å². The number of rotatable bonds is 2. The molecule has 27 heavy (non-hydrogen) atoms. The van der Waals surface area contributed by atoms with Gasteiger partial charge in [0, 0.05) is 23.1 Å². The van der Waals surface area contributed by atoms with E-state index in [1.165, 1.54) is 64.2 Å². The quantitative estimate of drug-likeness (QED) is 0.365. The molecule has 1 saturated carbocycles. The molecule has 4 aromatic rings. The van der Waals surface area contributed by atoms with Gasteiger partial charge in [-0.3, -0.25) is 0 Å². The Kier molecular flexibility index (Phi) is 3.97. The fourth-order valence-electron chi connectivity index (χ4n) is 5.02. The third-order valence-electron chi connectivity index (χ3n) is 6.52. The van der Waals surface area contributed by atoms with Crippen molar-refractivity contribution in [2.24, 2.45) is 7.05 Å². The Balaban J connectivity index is 1.71. The number of hydrogen-bond donors (Lipinski definition) is 0. The SMILES string of the molecule is Cc1c(-c2ccc3c(C4CCCC4)cccc3[n+]2C)ccc2ccccc12. The van der Waals surface area contributed by atoms with Gasteiger partial charge in [-0.1, -0.05) is 55.3 Å². The predicted molar refractivity (Wildman–Crippen MR) is 114 cm³/mol. The minimum absolute atomic E-state index is 0.738. The molecule has 1 heterocycles. The molecule has 0 spiro atoms. The molecular formula is C26H26N+. The van der Waals surface area contributed by atoms with Gasteiger partial charge < -0.3 is 0 Å². The van der Waals surface area contributed by atoms with Crippen molar-refractivity contribution in [3.05, 3.63) is 77.9 Å². The van der Waals surface area contributed by atoms with Crippen LogP contribution in [0.25, 0.3) is 32.9 Å². The maximum atomic E-state index is 2.38. The Labute approximate surface area is 161 Å². The number of hydrogen-bond acceptors (Lipinski definition) is 0. The van der Waals surface area contributed by atoms with Crippen LogP contribution in [0.1, 0.15) is 42.7 Å². The molecule has 0 N–H and O–H groups in total. The van der Waals surface area contributed by atoms with Crippen molar-refractivity contribution < 1.29 is 4.57 Å². The third-order valence-corrected chi connectivity index (χ3v) is 6.52. The van der Waals surface area contributed by atoms with E-state index in [1.807, 2.05) is 0 Å². The fourth-order valence-corrected chi connectivity index (χ4v) is 5.02. The summed E-state index contributed by atoms with van der Waals surface area (Å²) in [5.74, 6) is 0.738. The first-order chi connectivity index (χ1) is 13.2. The molecule has 134 valence electrons. The lowest BCUT2D eigenvalue weighted by molar-refractivity contribution is -0.633. The lowest BCUT2D eigenvalue weighted by Crippen LogP contribution is -2.32. The molecule has 3 aromatic carbocycles. The van der Waals surface area contributed by atoms with Crippen LogP contribution in [0.15, 0.2) is 66.7 Å². The summed E-state index contributed by atoms with van der Waals surface area (Å²) in [5.41, 5.74) is 6.85. The maximum Gasteiger partial charge on any atom is 0.213 e. The Morgan fingerprint density at radius 1 is 0.778 bits per heavy atom. The van der Waals surface area contributed by atoms with E-state index in [1.54, 1.807) is 5.56 Å². The van der Waals surface area contributed by atoms with E-state index < -0.39 is 0 Å². The van der Waals surface area contributed by atoms with E-state index in [2.05, 4.69) is 85.3 Å². The third kappa shape index (κ3) is 2.65. The van der Waals surface area contributed by atoms with Gasteiger partial charge in [-0.05, 0) is 59.7 Å². The molecule has 1 aromatic heterocycles. The minimum Gasteiger partial charge on any atom is -0.194 e. The minimum atomic E-state index is 0.738. The second-order valence-electron chi connectivity index (χ2n) is 8.00. The summed E-state index contributed by atoms with van der Waals surface area (Å²) in [7, 11) is 2.21. The van der Waals surface area contributed by atoms with Gasteiger partial charge in [0.1, 0.15) is 7.05 Å². The zero-order chi connectivity index (χ0) is 18.4. The molecule has 0 aliphatic heterocycles. The van der Waals surface area contributed by atoms with Crippen molar-refractivity contribution in [1.29, 1.82) is 0 Å². The topological polar surface area (TPSA) is 3.88 Å². The molecular weight excluding hydrogens is 326 g/mol. The molecule has 0 saturated heterocycles. The Bertz CT molecular complexity index is 1150. The van der Waals surface area contributed by atoms with Crippen molar-refractivity contribution >= 4 is 21.7 Å². The molecule has 0 bridgehead atoms. The van der Waals surface area contributed by atoms with E-state index in [9.17, 15) is 0 Å². The van der Waals surface area contributed by atoms with Crippen LogP contribution < -0.4 is 4.57 Å². The average Bonchev–Trinajstić information content (AvgIpc) is 3.24. The number of aromatic nitrogens is 1. The number of pyridine rings is 1. The summed E-state index contributed by atoms with van der Waals surface area (Å²) in [6.45, 7) is 2.25. The molecule has 1 aliphatic rings. The Hall–Kier alpha value is -2.67. The molecule has 5 rings (SSSR count). The monoisotopic (exact) mass is 352 g/mol. The van der Waals surface area contributed by atoms with Gasteiger partial charge in [-0.15, -0.1) is 0 Å². The highest BCUT2D eigenvalue weighted by atomic mass is 14.9. The van der Waals surface area contributed by atoms with Crippen LogP contribution >= 0.6 is 0 Å². The van der Waals surface area contributed by atoms with Gasteiger partial charge in [-0.25, -0.2) is 0 Å². The van der Waals surface area contributed by atoms with Gasteiger partial charge in [0.2, 0.25) is 11.2 Å². The van der Waals surface area contributed by atoms with E-state index >= 15 is 0 Å². The van der Waals surface area contributed by atoms with Crippen LogP contribution in [0.5, 0.6) is 0 Å². The zero-order valence-corrected chi connectivity index (χ0v) is 16.2. The molecule has 0 unspecified atom stereocenters. The summed E-state index contributed by atoms with van der Waals surface area (Å²) in [5, 5.41) is 4.08. The van der Waals surface area contributed by atoms with Crippen LogP contribution in [-0.2, 0) is 7.05 Å². The highest BCUT2D eigenvalue weighted by Crippen LogP contribution is 2.37. The van der Waals surface area contributed by atoms with Gasteiger partial charge in [0.15, 0.2) is 0 Å². The molecule has 0 atom stereocenters. The second kappa shape index (κ2) is 6.49. The number of aryl methyl sites for hydroxylation is 2. The summed E-state index contributed by atoms with van der Waals surface area (Å²) >= 11 is 0. The standard InChI is InChI=1S/C26H26N/c1-18-21-11-6-5-10-20(21)14-15-22(18)26-17-16-24-23(19-8-3-4-9-19)12-7-13-25(24)27(26)2/h5-7,10-17,19H,3-4,8-9H2,1-2H3/q+1. The normalized spacial score (nSPS) is 15.0. The fraction of sp³-hybridized carbons (Fsp3) is 0.269. The van der Waals surface area contributed by atoms with Gasteiger partial charge in [0.25, 0.3) is 0 Å². The lowest BCUT2D eigenvalue weighted by atomic mass is 9.92. The average molecular weight is 353 g/mol. The molecule has 1 aliphatic carbocycles. The molecule has 0 amide bonds. The van der Waals surface area contributed by atoms with Crippen molar-refractivity contribution in [3.63, 3.8) is 0 Å². The van der Waals surface area contributed by atoms with Crippen LogP contribution in [0.4, 0.5) is 0 Å². The Morgan fingerprint density at radius 3 is 2.44 bits per heavy atom. The van der Waals surface area contributed by atoms with Gasteiger partial charge in [-0.2, -0.15) is 4.57 Å². The van der Waals surface area contributed by atoms with Gasteiger partial charge in [0.05, 0.1) is 0 Å². The first-order valence-corrected chi connectivity index (χ1v) is 10.1. The second-order valence-corrected chi connectivity index (χ2v) is 8.00. The highest BCUT2D eigenvalue weighted by Gasteiger charge is 2.23. The molecule has 0 radical (unpaired) electrons. The van der Waals surface area contributed by atoms with Crippen LogP contribution in [-0.4, -0.2) is 0 Å². The summed E-state index contributed by atoms with van der Waals surface area (Å²) in [6, 6.07) is 24.7. The molecule has 1 nitrogen and oxygen atoms in total. The van der Waals surface area contributed by atoms with E-state index in [0.717, 1.165) is 5.92 Å². The van der Waals surface area contributed by atoms with Crippen molar-refractivity contribution in [2.45, 2.75) is 38.5 Å². The Morgan fingerprint density at radius 2 is 1.59 bits per heavy atom. The predicted octanol–water partition coefficient (Wildman–Crippen LogP) is 6.45. The first-order valence-electron chi connectivity index (χ1n) is 10.1. The lowest BCUT2D eigenvalue weighted by Gasteiger charge is -2.14. The maximum absolute atomic E-state index is 2.38. The number of fused-ring (bicyclic) bond motifs is 2. The molecule has 1 fully saturated rings. The van der Waals surface area contributed by atoms with Crippen molar-refractivity contribution in [2.75, 3.05) is 0 Å². The van der Waals surface area contributed by atoms with Crippen molar-refractivity contribution in [3.8, 4) is 11.3 Å². The summed E-state index contributed by atoms with van der Waals surface area (Å²) in [6.07, 6.45) is 5.44. The molecule has 1 heteroatoms. The van der Waals surface area contributed by atoms with E-state index in [0.29, 0.717) is 0 Å². The number of benzene rings is 3.